The zero-order valence-corrected chi connectivity index (χ0v) is 15.4. The predicted molar refractivity (Wildman–Crippen MR) is 100 cm³/mol. The van der Waals surface area contributed by atoms with Gasteiger partial charge < -0.3 is 24.8 Å². The molecule has 25 heavy (non-hydrogen) atoms. The smallest absolute Gasteiger partial charge is 0.191 e. The molecule has 2 N–H and O–H groups in total. The van der Waals surface area contributed by atoms with E-state index in [0.717, 1.165) is 69.5 Å². The fourth-order valence-electron chi connectivity index (χ4n) is 2.79. The number of nitrogens with zero attached hydrogens (tertiary/aromatic N) is 1. The van der Waals surface area contributed by atoms with Crippen molar-refractivity contribution in [2.24, 2.45) is 10.9 Å². The molecule has 0 unspecified atom stereocenters. The molecule has 1 fully saturated rings. The average Bonchev–Trinajstić information content (AvgIpc) is 2.68. The van der Waals surface area contributed by atoms with Crippen LogP contribution in [-0.4, -0.2) is 53.1 Å². The van der Waals surface area contributed by atoms with Crippen molar-refractivity contribution in [3.63, 3.8) is 0 Å². The van der Waals surface area contributed by atoms with Crippen LogP contribution in [0.15, 0.2) is 29.3 Å². The van der Waals surface area contributed by atoms with E-state index in [2.05, 4.69) is 15.6 Å². The number of nitrogens with one attached hydrogen (secondary N) is 2. The molecule has 0 aromatic heterocycles. The molecule has 1 aromatic rings. The Hall–Kier alpha value is -1.79. The minimum Gasteiger partial charge on any atom is -0.496 e. The third kappa shape index (κ3) is 7.32. The molecule has 1 aliphatic heterocycles. The van der Waals surface area contributed by atoms with E-state index in [1.54, 1.807) is 14.2 Å². The van der Waals surface area contributed by atoms with Crippen molar-refractivity contribution in [1.29, 1.82) is 0 Å². The van der Waals surface area contributed by atoms with Gasteiger partial charge in [0, 0.05) is 52.1 Å². The van der Waals surface area contributed by atoms with Crippen LogP contribution in [0.2, 0.25) is 0 Å². The van der Waals surface area contributed by atoms with Crippen LogP contribution in [0.5, 0.6) is 5.75 Å². The van der Waals surface area contributed by atoms with Crippen LogP contribution < -0.4 is 15.4 Å². The van der Waals surface area contributed by atoms with E-state index in [9.17, 15) is 0 Å². The number of benzene rings is 1. The minimum absolute atomic E-state index is 0.664. The van der Waals surface area contributed by atoms with Gasteiger partial charge in [-0.3, -0.25) is 4.99 Å². The van der Waals surface area contributed by atoms with Gasteiger partial charge in [0.1, 0.15) is 5.75 Å². The molecule has 6 nitrogen and oxygen atoms in total. The van der Waals surface area contributed by atoms with Crippen LogP contribution in [0.3, 0.4) is 0 Å². The number of para-hydroxylation sites is 1. The lowest BCUT2D eigenvalue weighted by atomic mass is 10.0. The topological polar surface area (TPSA) is 64.1 Å². The number of hydrogen-bond donors (Lipinski definition) is 2. The first-order valence-electron chi connectivity index (χ1n) is 9.05. The van der Waals surface area contributed by atoms with Crippen molar-refractivity contribution in [2.45, 2.75) is 25.8 Å². The fourth-order valence-corrected chi connectivity index (χ4v) is 2.79. The predicted octanol–water partition coefficient (Wildman–Crippen LogP) is 2.19. The second-order valence-electron chi connectivity index (χ2n) is 6.15. The molecular formula is C19H31N3O3. The largest absolute Gasteiger partial charge is 0.496 e. The van der Waals surface area contributed by atoms with E-state index >= 15 is 0 Å². The van der Waals surface area contributed by atoms with Crippen molar-refractivity contribution >= 4 is 5.96 Å². The van der Waals surface area contributed by atoms with Crippen LogP contribution >= 0.6 is 0 Å². The van der Waals surface area contributed by atoms with Crippen molar-refractivity contribution < 1.29 is 14.2 Å². The molecule has 140 valence electrons. The van der Waals surface area contributed by atoms with Gasteiger partial charge in [-0.15, -0.1) is 0 Å². The van der Waals surface area contributed by atoms with Crippen LogP contribution in [0.4, 0.5) is 0 Å². The summed E-state index contributed by atoms with van der Waals surface area (Å²) in [4.78, 5) is 4.25. The highest BCUT2D eigenvalue weighted by Gasteiger charge is 2.13. The fraction of sp³-hybridized carbons (Fsp3) is 0.632. The summed E-state index contributed by atoms with van der Waals surface area (Å²) in [6.07, 6.45) is 3.20. The van der Waals surface area contributed by atoms with Crippen LogP contribution in [0.25, 0.3) is 0 Å². The van der Waals surface area contributed by atoms with E-state index in [1.807, 2.05) is 24.3 Å². The second kappa shape index (κ2) is 11.7. The lowest BCUT2D eigenvalue weighted by Gasteiger charge is -2.21. The standard InChI is InChI=1S/C19H31N3O3/c1-20-19(22-14-17-6-3-4-7-18(17)23-2)21-10-5-11-25-15-16-8-12-24-13-9-16/h3-4,6-7,16H,5,8-15H2,1-2H3,(H2,20,21,22). The number of methoxy groups -OCH3 is 1. The van der Waals surface area contributed by atoms with Gasteiger partial charge in [0.05, 0.1) is 7.11 Å². The summed E-state index contributed by atoms with van der Waals surface area (Å²) in [7, 11) is 3.46. The normalized spacial score (nSPS) is 15.8. The summed E-state index contributed by atoms with van der Waals surface area (Å²) < 4.78 is 16.5. The van der Waals surface area contributed by atoms with Crippen molar-refractivity contribution in [1.82, 2.24) is 10.6 Å². The molecule has 0 amide bonds. The molecular weight excluding hydrogens is 318 g/mol. The molecule has 0 atom stereocenters. The average molecular weight is 349 g/mol. The zero-order valence-electron chi connectivity index (χ0n) is 15.4. The molecule has 2 rings (SSSR count). The van der Waals surface area contributed by atoms with Gasteiger partial charge in [0.15, 0.2) is 5.96 Å². The molecule has 0 bridgehead atoms. The Morgan fingerprint density at radius 1 is 1.24 bits per heavy atom. The molecule has 0 radical (unpaired) electrons. The molecule has 6 heteroatoms. The Balaban J connectivity index is 1.57. The first kappa shape index (κ1) is 19.5. The highest BCUT2D eigenvalue weighted by atomic mass is 16.5. The van der Waals surface area contributed by atoms with Crippen molar-refractivity contribution in [2.75, 3.05) is 47.1 Å². The first-order chi connectivity index (χ1) is 12.3. The summed E-state index contributed by atoms with van der Waals surface area (Å²) in [5.74, 6) is 2.33. The van der Waals surface area contributed by atoms with E-state index in [-0.39, 0.29) is 0 Å². The van der Waals surface area contributed by atoms with Gasteiger partial charge in [-0.1, -0.05) is 18.2 Å². The van der Waals surface area contributed by atoms with E-state index < -0.39 is 0 Å². The number of hydrogen-bond acceptors (Lipinski definition) is 4. The van der Waals surface area contributed by atoms with Gasteiger partial charge in [0.2, 0.25) is 0 Å². The van der Waals surface area contributed by atoms with E-state index in [4.69, 9.17) is 14.2 Å². The third-order valence-electron chi connectivity index (χ3n) is 4.31. The second-order valence-corrected chi connectivity index (χ2v) is 6.15. The van der Waals surface area contributed by atoms with Crippen molar-refractivity contribution in [3.05, 3.63) is 29.8 Å². The Bertz CT molecular complexity index is 516. The van der Waals surface area contributed by atoms with Gasteiger partial charge in [-0.25, -0.2) is 0 Å². The highest BCUT2D eigenvalue weighted by Crippen LogP contribution is 2.16. The molecule has 0 spiro atoms. The minimum atomic E-state index is 0.664. The SMILES string of the molecule is CN=C(NCCCOCC1CCOCC1)NCc1ccccc1OC. The first-order valence-corrected chi connectivity index (χ1v) is 9.05. The Morgan fingerprint density at radius 2 is 2.04 bits per heavy atom. The maximum atomic E-state index is 5.78. The molecule has 1 aliphatic rings. The van der Waals surface area contributed by atoms with E-state index in [1.165, 1.54) is 0 Å². The number of rotatable bonds is 9. The van der Waals surface area contributed by atoms with Crippen molar-refractivity contribution in [3.8, 4) is 5.75 Å². The Labute approximate surface area is 151 Å². The maximum Gasteiger partial charge on any atom is 0.191 e. The lowest BCUT2D eigenvalue weighted by molar-refractivity contribution is 0.0203. The number of aliphatic imine (C=N–C) groups is 1. The molecule has 0 aliphatic carbocycles. The summed E-state index contributed by atoms with van der Waals surface area (Å²) in [5, 5.41) is 6.62. The maximum absolute atomic E-state index is 5.78. The number of guanidine groups is 1. The zero-order chi connectivity index (χ0) is 17.7. The van der Waals surface area contributed by atoms with Gasteiger partial charge in [-0.05, 0) is 31.2 Å². The summed E-state index contributed by atoms with van der Waals surface area (Å²) >= 11 is 0. The number of ether oxygens (including phenoxy) is 3. The summed E-state index contributed by atoms with van der Waals surface area (Å²) in [5.41, 5.74) is 1.10. The van der Waals surface area contributed by atoms with Crippen LogP contribution in [0.1, 0.15) is 24.8 Å². The molecule has 1 heterocycles. The molecule has 0 saturated carbocycles. The quantitative estimate of drug-likeness (QED) is 0.406. The summed E-state index contributed by atoms with van der Waals surface area (Å²) in [6, 6.07) is 7.98. The molecule has 1 saturated heterocycles. The molecule has 1 aromatic carbocycles. The monoisotopic (exact) mass is 349 g/mol. The van der Waals surface area contributed by atoms with Crippen LogP contribution in [0, 0.1) is 5.92 Å². The van der Waals surface area contributed by atoms with E-state index in [0.29, 0.717) is 12.5 Å². The van der Waals surface area contributed by atoms with Gasteiger partial charge in [0.25, 0.3) is 0 Å². The Morgan fingerprint density at radius 3 is 2.80 bits per heavy atom. The van der Waals surface area contributed by atoms with Crippen LogP contribution in [-0.2, 0) is 16.0 Å². The lowest BCUT2D eigenvalue weighted by Crippen LogP contribution is -2.37. The Kier molecular flexibility index (Phi) is 9.15. The highest BCUT2D eigenvalue weighted by molar-refractivity contribution is 5.79. The van der Waals surface area contributed by atoms with Gasteiger partial charge >= 0.3 is 0 Å². The summed E-state index contributed by atoms with van der Waals surface area (Å²) in [6.45, 7) is 4.88. The van der Waals surface area contributed by atoms with Gasteiger partial charge in [-0.2, -0.15) is 0 Å². The third-order valence-corrected chi connectivity index (χ3v) is 4.31.